The molecule has 3 heteroatoms. The molecule has 0 aromatic heterocycles. The first-order valence-electron chi connectivity index (χ1n) is 10.6. The Hall–Kier alpha value is -2.44. The van der Waals surface area contributed by atoms with Gasteiger partial charge in [0.15, 0.2) is 0 Å². The maximum absolute atomic E-state index is 6.16. The van der Waals surface area contributed by atoms with Gasteiger partial charge in [0.05, 0.1) is 6.04 Å². The molecular formula is C27H30NOP. The minimum Gasteiger partial charge on any atom is -0.475 e. The highest BCUT2D eigenvalue weighted by molar-refractivity contribution is 7.80. The van der Waals surface area contributed by atoms with Crippen molar-refractivity contribution in [1.82, 2.24) is 0 Å². The lowest BCUT2D eigenvalue weighted by atomic mass is 9.88. The minimum absolute atomic E-state index is 0.0907. The summed E-state index contributed by atoms with van der Waals surface area (Å²) in [5.41, 5.74) is 3.86. The molecule has 0 bridgehead atoms. The van der Waals surface area contributed by atoms with Gasteiger partial charge in [-0.25, -0.2) is 4.99 Å². The lowest BCUT2D eigenvalue weighted by molar-refractivity contribution is 0.236. The van der Waals surface area contributed by atoms with Gasteiger partial charge in [-0.2, -0.15) is 0 Å². The quantitative estimate of drug-likeness (QED) is 0.533. The van der Waals surface area contributed by atoms with E-state index in [-0.39, 0.29) is 11.5 Å². The molecule has 0 saturated carbocycles. The standard InChI is InChI=1S/C27H30NOP/c1-19-12-6-9-15-22(19)30(23-16-10-7-13-20(23)2)24-17-11-8-14-21(24)26-28-25(18-29-26)27(3,4)5/h6-17,25H,18H2,1-5H3/t25-/m0/s1. The summed E-state index contributed by atoms with van der Waals surface area (Å²) in [5, 5.41) is 4.09. The lowest BCUT2D eigenvalue weighted by Gasteiger charge is -2.25. The topological polar surface area (TPSA) is 21.6 Å². The number of aliphatic imine (C=N–C) groups is 1. The van der Waals surface area contributed by atoms with E-state index in [1.54, 1.807) is 0 Å². The van der Waals surface area contributed by atoms with Crippen LogP contribution in [0.1, 0.15) is 37.5 Å². The molecule has 0 fully saturated rings. The number of nitrogens with zero attached hydrogens (tertiary/aromatic N) is 1. The van der Waals surface area contributed by atoms with Gasteiger partial charge in [0, 0.05) is 5.56 Å². The molecule has 1 heterocycles. The van der Waals surface area contributed by atoms with Gasteiger partial charge < -0.3 is 4.74 Å². The molecule has 3 aromatic rings. The molecule has 3 aromatic carbocycles. The summed E-state index contributed by atoms with van der Waals surface area (Å²) in [6.07, 6.45) is 0. The van der Waals surface area contributed by atoms with Gasteiger partial charge in [0.25, 0.3) is 0 Å². The van der Waals surface area contributed by atoms with E-state index in [0.29, 0.717) is 6.61 Å². The van der Waals surface area contributed by atoms with Crippen molar-refractivity contribution in [2.45, 2.75) is 40.7 Å². The first-order valence-corrected chi connectivity index (χ1v) is 11.9. The minimum atomic E-state index is -0.728. The van der Waals surface area contributed by atoms with Crippen LogP contribution in [0.5, 0.6) is 0 Å². The Kier molecular flexibility index (Phi) is 5.80. The Morgan fingerprint density at radius 2 is 1.27 bits per heavy atom. The second-order valence-electron chi connectivity index (χ2n) is 9.05. The molecule has 4 rings (SSSR count). The van der Waals surface area contributed by atoms with Crippen molar-refractivity contribution in [2.24, 2.45) is 10.4 Å². The van der Waals surface area contributed by atoms with Crippen LogP contribution in [0.15, 0.2) is 77.8 Å². The summed E-state index contributed by atoms with van der Waals surface area (Å²) < 4.78 is 6.16. The van der Waals surface area contributed by atoms with Crippen molar-refractivity contribution in [1.29, 1.82) is 0 Å². The molecule has 2 nitrogen and oxygen atoms in total. The number of rotatable bonds is 4. The van der Waals surface area contributed by atoms with Gasteiger partial charge >= 0.3 is 0 Å². The van der Waals surface area contributed by atoms with E-state index in [1.165, 1.54) is 27.0 Å². The number of benzene rings is 3. The Morgan fingerprint density at radius 1 is 0.767 bits per heavy atom. The molecule has 0 N–H and O–H groups in total. The molecule has 1 atom stereocenters. The van der Waals surface area contributed by atoms with Crippen LogP contribution < -0.4 is 15.9 Å². The van der Waals surface area contributed by atoms with Crippen LogP contribution in [0, 0.1) is 19.3 Å². The molecular weight excluding hydrogens is 385 g/mol. The molecule has 154 valence electrons. The summed E-state index contributed by atoms with van der Waals surface area (Å²) in [5.74, 6) is 0.792. The van der Waals surface area contributed by atoms with E-state index in [2.05, 4.69) is 107 Å². The molecule has 1 aliphatic rings. The van der Waals surface area contributed by atoms with Crippen molar-refractivity contribution in [3.8, 4) is 0 Å². The summed E-state index contributed by atoms with van der Waals surface area (Å²) in [6.45, 7) is 11.8. The maximum Gasteiger partial charge on any atom is 0.217 e. The van der Waals surface area contributed by atoms with E-state index in [4.69, 9.17) is 9.73 Å². The first-order chi connectivity index (χ1) is 14.4. The van der Waals surface area contributed by atoms with E-state index in [1.807, 2.05) is 0 Å². The third-order valence-electron chi connectivity index (χ3n) is 5.74. The van der Waals surface area contributed by atoms with Crippen molar-refractivity contribution in [3.63, 3.8) is 0 Å². The van der Waals surface area contributed by atoms with Gasteiger partial charge in [-0.15, -0.1) is 0 Å². The number of ether oxygens (including phenoxy) is 1. The second-order valence-corrected chi connectivity index (χ2v) is 11.2. The third-order valence-corrected chi connectivity index (χ3v) is 8.58. The molecule has 0 amide bonds. The molecule has 1 aliphatic heterocycles. The molecule has 0 aliphatic carbocycles. The van der Waals surface area contributed by atoms with Crippen LogP contribution >= 0.6 is 7.92 Å². The predicted molar refractivity (Wildman–Crippen MR) is 130 cm³/mol. The van der Waals surface area contributed by atoms with Gasteiger partial charge in [0.2, 0.25) is 5.90 Å². The second kappa shape index (κ2) is 8.36. The van der Waals surface area contributed by atoms with Crippen LogP contribution in [0.25, 0.3) is 0 Å². The summed E-state index contributed by atoms with van der Waals surface area (Å²) in [6, 6.07) is 26.4. The maximum atomic E-state index is 6.16. The highest BCUT2D eigenvalue weighted by Crippen LogP contribution is 2.37. The van der Waals surface area contributed by atoms with E-state index in [0.717, 1.165) is 11.5 Å². The fraction of sp³-hybridized carbons (Fsp3) is 0.296. The molecule has 0 spiro atoms. The average molecular weight is 416 g/mol. The van der Waals surface area contributed by atoms with E-state index >= 15 is 0 Å². The van der Waals surface area contributed by atoms with Crippen LogP contribution in [0.3, 0.4) is 0 Å². The molecule has 0 radical (unpaired) electrons. The SMILES string of the molecule is Cc1ccccc1P(c1ccccc1C)c1ccccc1C1=N[C@H](C(C)(C)C)CO1. The van der Waals surface area contributed by atoms with Crippen molar-refractivity contribution in [2.75, 3.05) is 6.61 Å². The number of aryl methyl sites for hydroxylation is 2. The number of hydrogen-bond acceptors (Lipinski definition) is 2. The fourth-order valence-electron chi connectivity index (χ4n) is 3.83. The van der Waals surface area contributed by atoms with Crippen molar-refractivity contribution in [3.05, 3.63) is 89.5 Å². The molecule has 0 saturated heterocycles. The van der Waals surface area contributed by atoms with Gasteiger partial charge in [-0.3, -0.25) is 0 Å². The summed E-state index contributed by atoms with van der Waals surface area (Å²) in [4.78, 5) is 5.01. The summed E-state index contributed by atoms with van der Waals surface area (Å²) in [7, 11) is -0.728. The third kappa shape index (κ3) is 4.07. The zero-order valence-corrected chi connectivity index (χ0v) is 19.4. The molecule has 30 heavy (non-hydrogen) atoms. The Bertz CT molecular complexity index is 1030. The highest BCUT2D eigenvalue weighted by Gasteiger charge is 2.32. The van der Waals surface area contributed by atoms with Gasteiger partial charge in [-0.05, 0) is 60.3 Å². The van der Waals surface area contributed by atoms with E-state index < -0.39 is 7.92 Å². The van der Waals surface area contributed by atoms with Crippen LogP contribution in [0.2, 0.25) is 0 Å². The van der Waals surface area contributed by atoms with Crippen molar-refractivity contribution < 1.29 is 4.74 Å². The van der Waals surface area contributed by atoms with Gasteiger partial charge in [0.1, 0.15) is 6.61 Å². The van der Waals surface area contributed by atoms with Crippen LogP contribution in [0.4, 0.5) is 0 Å². The first kappa shape index (κ1) is 20.8. The highest BCUT2D eigenvalue weighted by atomic mass is 31.1. The normalized spacial score (nSPS) is 16.5. The largest absolute Gasteiger partial charge is 0.475 e. The fourth-order valence-corrected chi connectivity index (χ4v) is 6.58. The lowest BCUT2D eigenvalue weighted by Crippen LogP contribution is -2.27. The smallest absolute Gasteiger partial charge is 0.217 e. The monoisotopic (exact) mass is 415 g/mol. The zero-order chi connectivity index (χ0) is 21.3. The Balaban J connectivity index is 1.90. The van der Waals surface area contributed by atoms with Gasteiger partial charge in [-0.1, -0.05) is 87.5 Å². The Morgan fingerprint density at radius 3 is 1.77 bits per heavy atom. The van der Waals surface area contributed by atoms with Crippen LogP contribution in [-0.2, 0) is 4.74 Å². The summed E-state index contributed by atoms with van der Waals surface area (Å²) >= 11 is 0. The molecule has 0 unspecified atom stereocenters. The van der Waals surface area contributed by atoms with E-state index in [9.17, 15) is 0 Å². The van der Waals surface area contributed by atoms with Crippen LogP contribution in [-0.4, -0.2) is 18.5 Å². The van der Waals surface area contributed by atoms with Crippen molar-refractivity contribution >= 4 is 29.7 Å². The predicted octanol–water partition coefficient (Wildman–Crippen LogP) is 5.25. The zero-order valence-electron chi connectivity index (χ0n) is 18.5. The average Bonchev–Trinajstić information content (AvgIpc) is 3.22. The number of hydrogen-bond donors (Lipinski definition) is 0. The Labute approximate surface area is 181 Å².